The molecule has 0 atom stereocenters. The average molecular weight is 427 g/mol. The van der Waals surface area contributed by atoms with Crippen LogP contribution in [0, 0.1) is 12.7 Å². The van der Waals surface area contributed by atoms with Gasteiger partial charge in [-0.05, 0) is 37.3 Å². The molecule has 0 spiro atoms. The molecule has 21 heavy (non-hydrogen) atoms. The number of rotatable bonds is 2. The Hall–Kier alpha value is -1.04. The first-order valence-corrected chi connectivity index (χ1v) is 8.63. The van der Waals surface area contributed by atoms with Crippen molar-refractivity contribution in [2.24, 2.45) is 0 Å². The molecule has 1 aromatic heterocycles. The van der Waals surface area contributed by atoms with Gasteiger partial charge in [0.05, 0.1) is 5.69 Å². The molecule has 3 aromatic rings. The van der Waals surface area contributed by atoms with Gasteiger partial charge in [0.1, 0.15) is 10.8 Å². The highest BCUT2D eigenvalue weighted by atomic mass is 79.9. The predicted molar refractivity (Wildman–Crippen MR) is 93.1 cm³/mol. The van der Waals surface area contributed by atoms with Gasteiger partial charge in [-0.15, -0.1) is 11.3 Å². The fraction of sp³-hybridized carbons (Fsp3) is 0.0625. The second-order valence-corrected chi connectivity index (χ2v) is 7.59. The van der Waals surface area contributed by atoms with Gasteiger partial charge in [-0.2, -0.15) is 0 Å². The van der Waals surface area contributed by atoms with E-state index in [1.54, 1.807) is 6.07 Å². The molecule has 0 saturated carbocycles. The maximum atomic E-state index is 14.1. The van der Waals surface area contributed by atoms with Gasteiger partial charge in [-0.1, -0.05) is 44.0 Å². The van der Waals surface area contributed by atoms with E-state index in [2.05, 4.69) is 36.8 Å². The molecule has 0 unspecified atom stereocenters. The van der Waals surface area contributed by atoms with Crippen molar-refractivity contribution in [1.82, 2.24) is 4.98 Å². The van der Waals surface area contributed by atoms with Crippen molar-refractivity contribution in [1.29, 1.82) is 0 Å². The Morgan fingerprint density at radius 3 is 2.33 bits per heavy atom. The van der Waals surface area contributed by atoms with E-state index in [4.69, 9.17) is 0 Å². The van der Waals surface area contributed by atoms with Crippen LogP contribution in [0.5, 0.6) is 0 Å². The molecule has 0 fully saturated rings. The molecule has 106 valence electrons. The zero-order chi connectivity index (χ0) is 15.0. The Labute approximate surface area is 143 Å². The highest BCUT2D eigenvalue weighted by Gasteiger charge is 2.14. The first kappa shape index (κ1) is 14.9. The number of benzene rings is 2. The number of hydrogen-bond acceptors (Lipinski definition) is 2. The summed E-state index contributed by atoms with van der Waals surface area (Å²) in [4.78, 5) is 5.70. The maximum Gasteiger partial charge on any atom is 0.134 e. The molecule has 0 aliphatic rings. The van der Waals surface area contributed by atoms with Crippen LogP contribution in [-0.2, 0) is 0 Å². The van der Waals surface area contributed by atoms with Gasteiger partial charge in [-0.25, -0.2) is 9.37 Å². The lowest BCUT2D eigenvalue weighted by molar-refractivity contribution is 0.630. The molecule has 0 aliphatic carbocycles. The lowest BCUT2D eigenvalue weighted by atomic mass is 10.1. The topological polar surface area (TPSA) is 12.9 Å². The number of hydrogen-bond donors (Lipinski definition) is 0. The second-order valence-electron chi connectivity index (χ2n) is 4.55. The van der Waals surface area contributed by atoms with Gasteiger partial charge in [0, 0.05) is 24.9 Å². The van der Waals surface area contributed by atoms with Crippen LogP contribution in [0.25, 0.3) is 21.8 Å². The van der Waals surface area contributed by atoms with E-state index in [0.29, 0.717) is 10.6 Å². The molecule has 0 radical (unpaired) electrons. The van der Waals surface area contributed by atoms with E-state index in [1.807, 2.05) is 37.3 Å². The standard InChI is InChI=1S/C16H10Br2FNS/c1-9-15(10-2-4-11(17)5-3-10)20-16(21-9)13-7-6-12(18)8-14(13)19/h2-8H,1H3. The Morgan fingerprint density at radius 2 is 1.67 bits per heavy atom. The molecule has 0 N–H and O–H groups in total. The summed E-state index contributed by atoms with van der Waals surface area (Å²) in [5, 5.41) is 0.704. The highest BCUT2D eigenvalue weighted by molar-refractivity contribution is 9.10. The molecule has 1 heterocycles. The molecule has 0 saturated heterocycles. The largest absolute Gasteiger partial charge is 0.236 e. The van der Waals surface area contributed by atoms with E-state index in [-0.39, 0.29) is 5.82 Å². The third-order valence-electron chi connectivity index (χ3n) is 3.08. The van der Waals surface area contributed by atoms with Crippen LogP contribution in [0.1, 0.15) is 4.88 Å². The van der Waals surface area contributed by atoms with Gasteiger partial charge in [0.25, 0.3) is 0 Å². The van der Waals surface area contributed by atoms with Crippen molar-refractivity contribution in [3.63, 3.8) is 0 Å². The number of aromatic nitrogens is 1. The van der Waals surface area contributed by atoms with Crippen LogP contribution < -0.4 is 0 Å². The summed E-state index contributed by atoms with van der Waals surface area (Å²) in [6.07, 6.45) is 0. The highest BCUT2D eigenvalue weighted by Crippen LogP contribution is 2.35. The molecule has 3 rings (SSSR count). The fourth-order valence-corrected chi connectivity index (χ4v) is 3.61. The first-order chi connectivity index (χ1) is 10.0. The summed E-state index contributed by atoms with van der Waals surface area (Å²) in [7, 11) is 0. The van der Waals surface area contributed by atoms with Crippen LogP contribution in [0.15, 0.2) is 51.4 Å². The second kappa shape index (κ2) is 5.99. The number of halogens is 3. The van der Waals surface area contributed by atoms with Gasteiger partial charge < -0.3 is 0 Å². The van der Waals surface area contributed by atoms with E-state index in [1.165, 1.54) is 17.4 Å². The fourth-order valence-electron chi connectivity index (χ4n) is 2.05. The van der Waals surface area contributed by atoms with Crippen LogP contribution >= 0.6 is 43.2 Å². The van der Waals surface area contributed by atoms with E-state index < -0.39 is 0 Å². The normalized spacial score (nSPS) is 10.9. The summed E-state index contributed by atoms with van der Waals surface area (Å²) in [5.41, 5.74) is 2.48. The van der Waals surface area contributed by atoms with Crippen molar-refractivity contribution >= 4 is 43.2 Å². The summed E-state index contributed by atoms with van der Waals surface area (Å²) < 4.78 is 15.8. The molecule has 2 aromatic carbocycles. The first-order valence-electron chi connectivity index (χ1n) is 6.23. The Kier molecular flexibility index (Phi) is 4.24. The van der Waals surface area contributed by atoms with Gasteiger partial charge >= 0.3 is 0 Å². The molecule has 0 bridgehead atoms. The molecule has 5 heteroatoms. The Morgan fingerprint density at radius 1 is 1.00 bits per heavy atom. The molecule has 0 aliphatic heterocycles. The van der Waals surface area contributed by atoms with Crippen molar-refractivity contribution < 1.29 is 4.39 Å². The van der Waals surface area contributed by atoms with Crippen molar-refractivity contribution in [2.45, 2.75) is 6.92 Å². The minimum absolute atomic E-state index is 0.263. The minimum atomic E-state index is -0.263. The average Bonchev–Trinajstić information content (AvgIpc) is 2.81. The molecular formula is C16H10Br2FNS. The van der Waals surface area contributed by atoms with E-state index in [0.717, 1.165) is 25.1 Å². The van der Waals surface area contributed by atoms with Crippen LogP contribution in [-0.4, -0.2) is 4.98 Å². The minimum Gasteiger partial charge on any atom is -0.236 e. The zero-order valence-corrected chi connectivity index (χ0v) is 15.0. The Bertz CT molecular complexity index is 797. The summed E-state index contributed by atoms with van der Waals surface area (Å²) in [5.74, 6) is -0.263. The zero-order valence-electron chi connectivity index (χ0n) is 11.0. The molecule has 0 amide bonds. The maximum absolute atomic E-state index is 14.1. The number of nitrogens with zero attached hydrogens (tertiary/aromatic N) is 1. The van der Waals surface area contributed by atoms with Crippen molar-refractivity contribution in [3.8, 4) is 21.8 Å². The Balaban J connectivity index is 2.07. The van der Waals surface area contributed by atoms with Crippen molar-refractivity contribution in [2.75, 3.05) is 0 Å². The summed E-state index contributed by atoms with van der Waals surface area (Å²) in [6, 6.07) is 13.0. The number of thiazole rings is 1. The SMILES string of the molecule is Cc1sc(-c2ccc(Br)cc2F)nc1-c1ccc(Br)cc1. The monoisotopic (exact) mass is 425 g/mol. The van der Waals surface area contributed by atoms with Gasteiger partial charge in [-0.3, -0.25) is 0 Å². The van der Waals surface area contributed by atoms with Gasteiger partial charge in [0.2, 0.25) is 0 Å². The van der Waals surface area contributed by atoms with Crippen LogP contribution in [0.4, 0.5) is 4.39 Å². The summed E-state index contributed by atoms with van der Waals surface area (Å²) >= 11 is 8.20. The van der Waals surface area contributed by atoms with Gasteiger partial charge in [0.15, 0.2) is 0 Å². The third-order valence-corrected chi connectivity index (χ3v) is 5.10. The van der Waals surface area contributed by atoms with E-state index in [9.17, 15) is 4.39 Å². The van der Waals surface area contributed by atoms with E-state index >= 15 is 0 Å². The van der Waals surface area contributed by atoms with Crippen molar-refractivity contribution in [3.05, 3.63) is 62.1 Å². The number of aryl methyl sites for hydroxylation is 1. The van der Waals surface area contributed by atoms with Crippen LogP contribution in [0.2, 0.25) is 0 Å². The third kappa shape index (κ3) is 3.10. The molecule has 1 nitrogen and oxygen atoms in total. The smallest absolute Gasteiger partial charge is 0.134 e. The van der Waals surface area contributed by atoms with Crippen LogP contribution in [0.3, 0.4) is 0 Å². The quantitative estimate of drug-likeness (QED) is 0.458. The lowest BCUT2D eigenvalue weighted by Gasteiger charge is -2.00. The predicted octanol–water partition coefficient (Wildman–Crippen LogP) is 6.45. The lowest BCUT2D eigenvalue weighted by Crippen LogP contribution is -1.84. The summed E-state index contributed by atoms with van der Waals surface area (Å²) in [6.45, 7) is 2.01. The molecular weight excluding hydrogens is 417 g/mol.